The van der Waals surface area contributed by atoms with E-state index in [0.717, 1.165) is 40.3 Å². The quantitative estimate of drug-likeness (QED) is 0.556. The molecular weight excluding hydrogens is 372 g/mol. The van der Waals surface area contributed by atoms with E-state index in [4.69, 9.17) is 4.99 Å². The van der Waals surface area contributed by atoms with Gasteiger partial charge in [0.2, 0.25) is 0 Å². The maximum absolute atomic E-state index is 13.0. The maximum atomic E-state index is 13.0. The van der Waals surface area contributed by atoms with E-state index in [0.29, 0.717) is 6.54 Å². The zero-order valence-electron chi connectivity index (χ0n) is 15.3. The predicted molar refractivity (Wildman–Crippen MR) is 115 cm³/mol. The summed E-state index contributed by atoms with van der Waals surface area (Å²) in [6.07, 6.45) is 6.30. The molecule has 3 nitrogen and oxygen atoms in total. The zero-order valence-corrected chi connectivity index (χ0v) is 17.0. The maximum Gasteiger partial charge on any atom is 0.254 e. The molecule has 0 aliphatic heterocycles. The minimum atomic E-state index is -0.00620. The van der Waals surface area contributed by atoms with Gasteiger partial charge in [-0.05, 0) is 60.7 Å². The third-order valence-electron chi connectivity index (χ3n) is 4.88. The van der Waals surface area contributed by atoms with Crippen molar-refractivity contribution in [2.75, 3.05) is 0 Å². The number of aryl methyl sites for hydroxylation is 2. The molecule has 3 aromatic rings. The monoisotopic (exact) mass is 394 g/mol. The van der Waals surface area contributed by atoms with Crippen molar-refractivity contribution >= 4 is 39.8 Å². The second kappa shape index (κ2) is 8.19. The molecule has 1 amide bonds. The summed E-state index contributed by atoms with van der Waals surface area (Å²) in [4.78, 5) is 20.2. The Morgan fingerprint density at radius 1 is 1.19 bits per heavy atom. The zero-order chi connectivity index (χ0) is 18.6. The number of nitrogens with zero attached hydrogens (tertiary/aromatic N) is 1. The van der Waals surface area contributed by atoms with E-state index in [2.05, 4.69) is 23.7 Å². The van der Waals surface area contributed by atoms with Gasteiger partial charge < -0.3 is 5.32 Å². The molecule has 27 heavy (non-hydrogen) atoms. The van der Waals surface area contributed by atoms with Crippen LogP contribution in [0.15, 0.2) is 46.8 Å². The number of carbonyl (C=O) groups is 1. The number of benzene rings is 1. The molecule has 0 spiro atoms. The van der Waals surface area contributed by atoms with Gasteiger partial charge in [0, 0.05) is 22.5 Å². The van der Waals surface area contributed by atoms with E-state index in [1.807, 2.05) is 36.5 Å². The molecule has 5 heteroatoms. The van der Waals surface area contributed by atoms with Crippen LogP contribution in [0.25, 0.3) is 0 Å². The Kier molecular flexibility index (Phi) is 5.50. The third kappa shape index (κ3) is 4.04. The average molecular weight is 395 g/mol. The van der Waals surface area contributed by atoms with Crippen molar-refractivity contribution in [1.82, 2.24) is 5.32 Å². The lowest BCUT2D eigenvalue weighted by Crippen LogP contribution is -2.24. The molecule has 1 aliphatic rings. The first-order valence-electron chi connectivity index (χ1n) is 9.27. The van der Waals surface area contributed by atoms with Gasteiger partial charge in [-0.15, -0.1) is 22.7 Å². The number of hydrogen-bond donors (Lipinski definition) is 1. The molecule has 4 rings (SSSR count). The van der Waals surface area contributed by atoms with Gasteiger partial charge in [0.1, 0.15) is 5.00 Å². The van der Waals surface area contributed by atoms with Crippen LogP contribution in [-0.4, -0.2) is 12.1 Å². The molecule has 2 aromatic heterocycles. The van der Waals surface area contributed by atoms with Gasteiger partial charge in [-0.1, -0.05) is 30.3 Å². The molecule has 1 N–H and O–H groups in total. The molecule has 1 aromatic carbocycles. The molecule has 0 fully saturated rings. The minimum absolute atomic E-state index is 0.00620. The first kappa shape index (κ1) is 18.1. The molecule has 0 unspecified atom stereocenters. The van der Waals surface area contributed by atoms with Gasteiger partial charge in [0.25, 0.3) is 5.91 Å². The highest BCUT2D eigenvalue weighted by Crippen LogP contribution is 2.40. The van der Waals surface area contributed by atoms with E-state index in [1.54, 1.807) is 22.7 Å². The summed E-state index contributed by atoms with van der Waals surface area (Å²) in [7, 11) is 0. The lowest BCUT2D eigenvalue weighted by molar-refractivity contribution is 0.0951. The molecule has 0 saturated heterocycles. The van der Waals surface area contributed by atoms with Crippen LogP contribution in [0.1, 0.15) is 49.6 Å². The van der Waals surface area contributed by atoms with Gasteiger partial charge in [-0.3, -0.25) is 4.79 Å². The molecule has 0 atom stereocenters. The lowest BCUT2D eigenvalue weighted by Gasteiger charge is -2.12. The third-order valence-corrected chi connectivity index (χ3v) is 7.03. The van der Waals surface area contributed by atoms with Crippen LogP contribution in [-0.2, 0) is 19.4 Å². The Labute approximate surface area is 167 Å². The molecule has 0 saturated carbocycles. The van der Waals surface area contributed by atoms with E-state index >= 15 is 0 Å². The first-order chi connectivity index (χ1) is 13.2. The number of aliphatic imine (C=N–C) groups is 1. The topological polar surface area (TPSA) is 41.5 Å². The van der Waals surface area contributed by atoms with Crippen LogP contribution >= 0.6 is 22.7 Å². The van der Waals surface area contributed by atoms with Gasteiger partial charge in [-0.25, -0.2) is 4.99 Å². The highest BCUT2D eigenvalue weighted by molar-refractivity contribution is 7.16. The highest BCUT2D eigenvalue weighted by atomic mass is 32.1. The van der Waals surface area contributed by atoms with Crippen LogP contribution in [0.5, 0.6) is 0 Å². The van der Waals surface area contributed by atoms with Crippen LogP contribution < -0.4 is 5.32 Å². The minimum Gasteiger partial charge on any atom is -0.348 e. The van der Waals surface area contributed by atoms with E-state index in [-0.39, 0.29) is 5.91 Å². The van der Waals surface area contributed by atoms with Crippen molar-refractivity contribution in [3.63, 3.8) is 0 Å². The number of carbonyl (C=O) groups excluding carboxylic acids is 1. The highest BCUT2D eigenvalue weighted by Gasteiger charge is 2.25. The molecule has 2 heterocycles. The first-order valence-corrected chi connectivity index (χ1v) is 11.0. The summed E-state index contributed by atoms with van der Waals surface area (Å²) < 4.78 is 0. The van der Waals surface area contributed by atoms with Crippen molar-refractivity contribution in [3.8, 4) is 0 Å². The van der Waals surface area contributed by atoms with Crippen molar-refractivity contribution < 1.29 is 4.79 Å². The summed E-state index contributed by atoms with van der Waals surface area (Å²) >= 11 is 3.37. The van der Waals surface area contributed by atoms with E-state index < -0.39 is 0 Å². The largest absolute Gasteiger partial charge is 0.348 e. The second-order valence-corrected chi connectivity index (χ2v) is 8.82. The number of hydrogen-bond acceptors (Lipinski definition) is 4. The molecule has 0 bridgehead atoms. The predicted octanol–water partition coefficient (Wildman–Crippen LogP) is 5.68. The Balaban J connectivity index is 1.61. The second-order valence-electron chi connectivity index (χ2n) is 6.79. The van der Waals surface area contributed by atoms with Gasteiger partial charge in [-0.2, -0.15) is 0 Å². The van der Waals surface area contributed by atoms with Gasteiger partial charge in [0.15, 0.2) is 0 Å². The number of thiophene rings is 2. The Bertz CT molecular complexity index is 970. The van der Waals surface area contributed by atoms with Crippen molar-refractivity contribution in [2.45, 2.75) is 39.2 Å². The van der Waals surface area contributed by atoms with Gasteiger partial charge in [0.05, 0.1) is 5.56 Å². The van der Waals surface area contributed by atoms with Crippen molar-refractivity contribution in [2.24, 2.45) is 4.99 Å². The molecule has 1 aliphatic carbocycles. The fraction of sp³-hybridized carbons (Fsp3) is 0.273. The molecule has 0 radical (unpaired) electrons. The summed E-state index contributed by atoms with van der Waals surface area (Å²) in [5.74, 6) is -0.00620. The Morgan fingerprint density at radius 2 is 2.00 bits per heavy atom. The summed E-state index contributed by atoms with van der Waals surface area (Å²) in [5, 5.41) is 6.01. The molecule has 138 valence electrons. The van der Waals surface area contributed by atoms with Crippen LogP contribution in [0, 0.1) is 6.92 Å². The van der Waals surface area contributed by atoms with Crippen LogP contribution in [0.4, 0.5) is 5.00 Å². The fourth-order valence-corrected chi connectivity index (χ4v) is 5.39. The smallest absolute Gasteiger partial charge is 0.254 e. The number of fused-ring (bicyclic) bond motifs is 1. The van der Waals surface area contributed by atoms with Crippen LogP contribution in [0.3, 0.4) is 0 Å². The van der Waals surface area contributed by atoms with Gasteiger partial charge >= 0.3 is 0 Å². The Hall–Kier alpha value is -2.24. The Morgan fingerprint density at radius 3 is 2.78 bits per heavy atom. The number of nitrogens with one attached hydrogen (secondary N) is 1. The van der Waals surface area contributed by atoms with Crippen LogP contribution in [0.2, 0.25) is 0 Å². The average Bonchev–Trinajstić information content (AvgIpc) is 3.28. The van der Waals surface area contributed by atoms with E-state index in [1.165, 1.54) is 22.4 Å². The SMILES string of the molecule is Cc1ccsc1C=Nc1sc2c(c1C(=O)NCc1ccccc1)CCCC2. The lowest BCUT2D eigenvalue weighted by atomic mass is 9.95. The number of amides is 1. The fourth-order valence-electron chi connectivity index (χ4n) is 3.38. The standard InChI is InChI=1S/C22H22N2OS2/c1-15-11-12-26-19(15)14-24-22-20(17-9-5-6-10-18(17)27-22)21(25)23-13-16-7-3-2-4-8-16/h2-4,7-8,11-12,14H,5-6,9-10,13H2,1H3,(H,23,25). The van der Waals surface area contributed by atoms with Crippen molar-refractivity contribution in [3.05, 3.63) is 73.8 Å². The summed E-state index contributed by atoms with van der Waals surface area (Å²) in [6.45, 7) is 2.63. The van der Waals surface area contributed by atoms with Crippen molar-refractivity contribution in [1.29, 1.82) is 0 Å². The molecular formula is C22H22N2OS2. The summed E-state index contributed by atoms with van der Waals surface area (Å²) in [6, 6.07) is 12.1. The van der Waals surface area contributed by atoms with E-state index in [9.17, 15) is 4.79 Å². The number of rotatable bonds is 5. The normalized spacial score (nSPS) is 13.7. The summed E-state index contributed by atoms with van der Waals surface area (Å²) in [5.41, 5.74) is 4.33.